The lowest BCUT2D eigenvalue weighted by Gasteiger charge is -2.40. The average Bonchev–Trinajstić information content (AvgIpc) is 3.20. The van der Waals surface area contributed by atoms with Crippen LogP contribution in [0, 0.1) is 0 Å². The summed E-state index contributed by atoms with van der Waals surface area (Å²) < 4.78 is 5.43. The Morgan fingerprint density at radius 3 is 2.58 bits per heavy atom. The van der Waals surface area contributed by atoms with Crippen LogP contribution in [0.5, 0.6) is 0 Å². The molecule has 2 unspecified atom stereocenters. The van der Waals surface area contributed by atoms with Crippen LogP contribution in [0.3, 0.4) is 0 Å². The second kappa shape index (κ2) is 7.53. The van der Waals surface area contributed by atoms with Crippen LogP contribution >= 0.6 is 11.6 Å². The maximum absolute atomic E-state index is 12.1. The Morgan fingerprint density at radius 1 is 1.13 bits per heavy atom. The zero-order chi connectivity index (χ0) is 21.8. The summed E-state index contributed by atoms with van der Waals surface area (Å²) in [6.45, 7) is 8.65. The lowest BCUT2D eigenvalue weighted by molar-refractivity contribution is 0.0475. The third-order valence-electron chi connectivity index (χ3n) is 7.11. The summed E-state index contributed by atoms with van der Waals surface area (Å²) in [4.78, 5) is 14.7. The van der Waals surface area contributed by atoms with Gasteiger partial charge in [0.25, 0.3) is 0 Å². The Balaban J connectivity index is 1.32. The number of amides is 1. The molecule has 2 aliphatic carbocycles. The number of nitrogens with zero attached hydrogens (tertiary/aromatic N) is 1. The first-order valence-corrected chi connectivity index (χ1v) is 11.7. The molecule has 0 saturated carbocycles. The number of benzene rings is 2. The molecule has 1 amide bonds. The highest BCUT2D eigenvalue weighted by Gasteiger charge is 2.53. The van der Waals surface area contributed by atoms with Gasteiger partial charge in [-0.25, -0.2) is 4.79 Å². The molecular weight excluding hydrogens is 408 g/mol. The molecular formula is C26H31ClN2O2. The molecule has 164 valence electrons. The van der Waals surface area contributed by atoms with Gasteiger partial charge in [-0.2, -0.15) is 0 Å². The minimum absolute atomic E-state index is 0.0208. The van der Waals surface area contributed by atoms with Crippen LogP contribution in [0.1, 0.15) is 68.2 Å². The number of carbonyl (C=O) groups is 1. The minimum Gasteiger partial charge on any atom is -0.444 e. The molecule has 1 saturated heterocycles. The van der Waals surface area contributed by atoms with Crippen molar-refractivity contribution in [2.75, 3.05) is 19.6 Å². The molecule has 3 aliphatic rings. The summed E-state index contributed by atoms with van der Waals surface area (Å²) in [5.74, 6) is 0.481. The van der Waals surface area contributed by atoms with Crippen LogP contribution in [0.4, 0.5) is 4.79 Å². The number of alkyl carbamates (subject to hydrolysis) is 1. The lowest BCUT2D eigenvalue weighted by atomic mass is 9.74. The number of rotatable bonds is 3. The molecule has 2 atom stereocenters. The van der Waals surface area contributed by atoms with Crippen molar-refractivity contribution in [3.8, 4) is 0 Å². The van der Waals surface area contributed by atoms with Gasteiger partial charge in [0, 0.05) is 42.0 Å². The highest BCUT2D eigenvalue weighted by atomic mass is 35.5. The van der Waals surface area contributed by atoms with Gasteiger partial charge in [0.1, 0.15) is 5.60 Å². The number of piperidine rings is 1. The second-order valence-electron chi connectivity index (χ2n) is 10.4. The Kier molecular flexibility index (Phi) is 5.06. The van der Waals surface area contributed by atoms with Gasteiger partial charge in [-0.1, -0.05) is 41.9 Å². The standard InChI is InChI=1S/C26H31ClN2O2/c1-25(2,3)31-24(30)28-18-10-12-29(13-11-18)16-26-15-21(19-6-4-5-7-22(19)26)20-9-8-17(27)14-23(20)26/h4-9,14,18,21H,10-13,15-16H2,1-3H3,(H,28,30). The van der Waals surface area contributed by atoms with Crippen LogP contribution in [0.15, 0.2) is 42.5 Å². The average molecular weight is 439 g/mol. The van der Waals surface area contributed by atoms with Crippen molar-refractivity contribution in [2.24, 2.45) is 0 Å². The number of carbonyl (C=O) groups excluding carboxylic acids is 1. The maximum atomic E-state index is 12.1. The summed E-state index contributed by atoms with van der Waals surface area (Å²) in [6, 6.07) is 15.6. The number of halogens is 1. The highest BCUT2D eigenvalue weighted by molar-refractivity contribution is 6.30. The Hall–Kier alpha value is -2.04. The molecule has 5 rings (SSSR count). The summed E-state index contributed by atoms with van der Waals surface area (Å²) in [5, 5.41) is 3.88. The van der Waals surface area contributed by atoms with Crippen molar-refractivity contribution in [3.05, 3.63) is 69.7 Å². The number of nitrogens with one attached hydrogen (secondary N) is 1. The van der Waals surface area contributed by atoms with Crippen LogP contribution in [-0.2, 0) is 10.2 Å². The summed E-state index contributed by atoms with van der Waals surface area (Å²) in [5.41, 5.74) is 5.38. The van der Waals surface area contributed by atoms with Crippen molar-refractivity contribution < 1.29 is 9.53 Å². The van der Waals surface area contributed by atoms with E-state index in [2.05, 4.69) is 46.6 Å². The van der Waals surface area contributed by atoms with Gasteiger partial charge in [0.15, 0.2) is 0 Å². The first kappa shape index (κ1) is 20.8. The predicted molar refractivity (Wildman–Crippen MR) is 124 cm³/mol. The number of fused-ring (bicyclic) bond motifs is 8. The number of hydrogen-bond donors (Lipinski definition) is 1. The van der Waals surface area contributed by atoms with Gasteiger partial charge < -0.3 is 15.0 Å². The van der Waals surface area contributed by atoms with E-state index in [1.54, 1.807) is 0 Å². The summed E-state index contributed by atoms with van der Waals surface area (Å²) in [6.07, 6.45) is 2.72. The van der Waals surface area contributed by atoms with Gasteiger partial charge in [-0.15, -0.1) is 0 Å². The molecule has 2 bridgehead atoms. The topological polar surface area (TPSA) is 41.6 Å². The fourth-order valence-electron chi connectivity index (χ4n) is 5.91. The molecule has 0 aromatic heterocycles. The third-order valence-corrected chi connectivity index (χ3v) is 7.35. The third kappa shape index (κ3) is 3.74. The van der Waals surface area contributed by atoms with E-state index in [0.29, 0.717) is 5.92 Å². The predicted octanol–water partition coefficient (Wildman–Crippen LogP) is 5.46. The van der Waals surface area contributed by atoms with Gasteiger partial charge in [-0.3, -0.25) is 0 Å². The van der Waals surface area contributed by atoms with Gasteiger partial charge in [-0.05, 0) is 74.4 Å². The molecule has 4 nitrogen and oxygen atoms in total. The van der Waals surface area contributed by atoms with E-state index in [1.165, 1.54) is 22.3 Å². The Labute approximate surface area is 189 Å². The van der Waals surface area contributed by atoms with Gasteiger partial charge in [0.05, 0.1) is 0 Å². The Morgan fingerprint density at radius 2 is 1.84 bits per heavy atom. The van der Waals surface area contributed by atoms with Gasteiger partial charge in [0.2, 0.25) is 0 Å². The van der Waals surface area contributed by atoms with E-state index in [-0.39, 0.29) is 17.6 Å². The molecule has 31 heavy (non-hydrogen) atoms. The van der Waals surface area contributed by atoms with E-state index in [1.807, 2.05) is 26.8 Å². The van der Waals surface area contributed by atoms with Crippen molar-refractivity contribution in [2.45, 2.75) is 63.0 Å². The molecule has 2 aromatic carbocycles. The number of hydrogen-bond acceptors (Lipinski definition) is 3. The quantitative estimate of drug-likeness (QED) is 0.691. The molecule has 0 spiro atoms. The van der Waals surface area contributed by atoms with Crippen LogP contribution in [-0.4, -0.2) is 42.3 Å². The highest BCUT2D eigenvalue weighted by Crippen LogP contribution is 2.60. The maximum Gasteiger partial charge on any atom is 0.407 e. The second-order valence-corrected chi connectivity index (χ2v) is 10.8. The van der Waals surface area contributed by atoms with E-state index in [4.69, 9.17) is 16.3 Å². The molecule has 1 fully saturated rings. The van der Waals surface area contributed by atoms with Crippen LogP contribution in [0.25, 0.3) is 0 Å². The van der Waals surface area contributed by atoms with Crippen LogP contribution < -0.4 is 5.32 Å². The molecule has 1 heterocycles. The minimum atomic E-state index is -0.465. The SMILES string of the molecule is CC(C)(C)OC(=O)NC1CCN(CC23CC(c4ccccc42)c2ccc(Cl)cc23)CC1. The monoisotopic (exact) mass is 438 g/mol. The summed E-state index contributed by atoms with van der Waals surface area (Å²) >= 11 is 6.44. The molecule has 0 radical (unpaired) electrons. The van der Waals surface area contributed by atoms with E-state index in [0.717, 1.165) is 43.9 Å². The zero-order valence-electron chi connectivity index (χ0n) is 18.6. The lowest BCUT2D eigenvalue weighted by Crippen LogP contribution is -2.49. The normalized spacial score (nSPS) is 25.2. The summed E-state index contributed by atoms with van der Waals surface area (Å²) in [7, 11) is 0. The first-order valence-electron chi connectivity index (χ1n) is 11.4. The van der Waals surface area contributed by atoms with E-state index in [9.17, 15) is 4.79 Å². The van der Waals surface area contributed by atoms with Crippen molar-refractivity contribution in [1.82, 2.24) is 10.2 Å². The fraction of sp³-hybridized carbons (Fsp3) is 0.500. The molecule has 5 heteroatoms. The van der Waals surface area contributed by atoms with Crippen molar-refractivity contribution in [3.63, 3.8) is 0 Å². The smallest absolute Gasteiger partial charge is 0.407 e. The molecule has 1 aliphatic heterocycles. The van der Waals surface area contributed by atoms with Crippen molar-refractivity contribution in [1.29, 1.82) is 0 Å². The number of likely N-dealkylation sites (tertiary alicyclic amines) is 1. The largest absolute Gasteiger partial charge is 0.444 e. The van der Waals surface area contributed by atoms with Gasteiger partial charge >= 0.3 is 6.09 Å². The Bertz CT molecular complexity index is 1010. The molecule has 2 aromatic rings. The number of ether oxygens (including phenoxy) is 1. The molecule has 1 N–H and O–H groups in total. The van der Waals surface area contributed by atoms with E-state index < -0.39 is 5.60 Å². The zero-order valence-corrected chi connectivity index (χ0v) is 19.3. The van der Waals surface area contributed by atoms with Crippen LogP contribution in [0.2, 0.25) is 5.02 Å². The van der Waals surface area contributed by atoms with E-state index >= 15 is 0 Å². The first-order chi connectivity index (χ1) is 14.7. The van der Waals surface area contributed by atoms with Crippen molar-refractivity contribution >= 4 is 17.7 Å². The fourth-order valence-corrected chi connectivity index (χ4v) is 6.08.